The molecule has 18 heavy (non-hydrogen) atoms. The van der Waals surface area contributed by atoms with Gasteiger partial charge in [0.1, 0.15) is 6.04 Å². The number of rotatable bonds is 4. The van der Waals surface area contributed by atoms with Gasteiger partial charge in [0.05, 0.1) is 11.9 Å². The van der Waals surface area contributed by atoms with Gasteiger partial charge in [-0.25, -0.2) is 9.59 Å². The summed E-state index contributed by atoms with van der Waals surface area (Å²) >= 11 is 0. The van der Waals surface area contributed by atoms with Crippen molar-refractivity contribution in [3.8, 4) is 0 Å². The van der Waals surface area contributed by atoms with Crippen molar-refractivity contribution in [2.45, 2.75) is 26.8 Å². The highest BCUT2D eigenvalue weighted by atomic mass is 16.4. The first kappa shape index (κ1) is 14.0. The van der Waals surface area contributed by atoms with Crippen molar-refractivity contribution < 1.29 is 14.7 Å². The molecule has 0 aromatic carbocycles. The van der Waals surface area contributed by atoms with Crippen LogP contribution in [0.25, 0.3) is 0 Å². The zero-order valence-electron chi connectivity index (χ0n) is 10.6. The number of amides is 2. The second kappa shape index (κ2) is 6.00. The smallest absolute Gasteiger partial charge is 0.326 e. The molecule has 0 saturated heterocycles. The van der Waals surface area contributed by atoms with Gasteiger partial charge in [-0.05, 0) is 24.5 Å². The van der Waals surface area contributed by atoms with Crippen LogP contribution >= 0.6 is 0 Å². The molecule has 6 heteroatoms. The molecule has 0 aliphatic rings. The summed E-state index contributed by atoms with van der Waals surface area (Å²) in [7, 11) is 0. The summed E-state index contributed by atoms with van der Waals surface area (Å²) in [6.07, 6.45) is 3.13. The van der Waals surface area contributed by atoms with Gasteiger partial charge < -0.3 is 15.7 Å². The Kier molecular flexibility index (Phi) is 4.65. The number of carboxylic acid groups (broad SMARTS) is 1. The average Bonchev–Trinajstić information content (AvgIpc) is 2.28. The quantitative estimate of drug-likeness (QED) is 0.758. The molecule has 1 atom stereocenters. The number of urea groups is 1. The first-order valence-electron chi connectivity index (χ1n) is 5.62. The van der Waals surface area contributed by atoms with Gasteiger partial charge in [0.15, 0.2) is 0 Å². The molecule has 1 rings (SSSR count). The van der Waals surface area contributed by atoms with E-state index in [0.29, 0.717) is 5.69 Å². The molecule has 0 aliphatic heterocycles. The minimum absolute atomic E-state index is 0.191. The predicted octanol–water partition coefficient (Wildman–Crippen LogP) is 1.62. The monoisotopic (exact) mass is 251 g/mol. The van der Waals surface area contributed by atoms with Crippen LogP contribution in [0.5, 0.6) is 0 Å². The number of carbonyl (C=O) groups excluding carboxylic acids is 1. The third kappa shape index (κ3) is 3.73. The van der Waals surface area contributed by atoms with Crippen LogP contribution in [0.2, 0.25) is 0 Å². The molecule has 1 aromatic rings. The topological polar surface area (TPSA) is 91.3 Å². The number of nitrogens with zero attached hydrogens (tertiary/aromatic N) is 1. The third-order valence-corrected chi connectivity index (χ3v) is 2.51. The van der Waals surface area contributed by atoms with Crippen molar-refractivity contribution in [2.75, 3.05) is 5.32 Å². The molecule has 1 unspecified atom stereocenters. The number of carbonyl (C=O) groups is 2. The number of nitrogens with one attached hydrogen (secondary N) is 2. The minimum Gasteiger partial charge on any atom is -0.480 e. The van der Waals surface area contributed by atoms with Crippen molar-refractivity contribution in [2.24, 2.45) is 5.92 Å². The zero-order chi connectivity index (χ0) is 13.7. The Morgan fingerprint density at radius 3 is 2.56 bits per heavy atom. The minimum atomic E-state index is -1.05. The summed E-state index contributed by atoms with van der Waals surface area (Å²) in [4.78, 5) is 26.5. The van der Waals surface area contributed by atoms with Gasteiger partial charge >= 0.3 is 12.0 Å². The molecular weight excluding hydrogens is 234 g/mol. The molecule has 2 amide bonds. The van der Waals surface area contributed by atoms with Crippen molar-refractivity contribution in [3.63, 3.8) is 0 Å². The Hall–Kier alpha value is -2.11. The van der Waals surface area contributed by atoms with Gasteiger partial charge in [-0.3, -0.25) is 4.98 Å². The Balaban J connectivity index is 2.67. The SMILES string of the molecule is Cc1ccncc1NC(=O)NC(C(=O)O)C(C)C. The summed E-state index contributed by atoms with van der Waals surface area (Å²) < 4.78 is 0. The molecule has 1 heterocycles. The molecule has 0 bridgehead atoms. The van der Waals surface area contributed by atoms with Gasteiger partial charge in [-0.2, -0.15) is 0 Å². The Bertz CT molecular complexity index is 446. The number of hydrogen-bond donors (Lipinski definition) is 3. The molecule has 98 valence electrons. The van der Waals surface area contributed by atoms with Crippen molar-refractivity contribution >= 4 is 17.7 Å². The molecule has 0 aliphatic carbocycles. The number of carboxylic acids is 1. The van der Waals surface area contributed by atoms with E-state index >= 15 is 0 Å². The standard InChI is InChI=1S/C12H17N3O3/c1-7(2)10(11(16)17)15-12(18)14-9-6-13-5-4-8(9)3/h4-7,10H,1-3H3,(H,16,17)(H2,14,15,18). The highest BCUT2D eigenvalue weighted by Gasteiger charge is 2.23. The van der Waals surface area contributed by atoms with E-state index in [1.165, 1.54) is 6.20 Å². The lowest BCUT2D eigenvalue weighted by Crippen LogP contribution is -2.46. The van der Waals surface area contributed by atoms with E-state index < -0.39 is 18.0 Å². The maximum atomic E-state index is 11.7. The van der Waals surface area contributed by atoms with Crippen molar-refractivity contribution in [3.05, 3.63) is 24.0 Å². The van der Waals surface area contributed by atoms with Crippen LogP contribution in [-0.4, -0.2) is 28.1 Å². The molecular formula is C12H17N3O3. The third-order valence-electron chi connectivity index (χ3n) is 2.51. The summed E-state index contributed by atoms with van der Waals surface area (Å²) in [6, 6.07) is 0.293. The van der Waals surface area contributed by atoms with Crippen LogP contribution in [-0.2, 0) is 4.79 Å². The number of pyridine rings is 1. The second-order valence-electron chi connectivity index (χ2n) is 4.35. The summed E-state index contributed by atoms with van der Waals surface area (Å²) in [5.74, 6) is -1.24. The maximum absolute atomic E-state index is 11.7. The molecule has 0 fully saturated rings. The van der Waals surface area contributed by atoms with Gasteiger partial charge in [0, 0.05) is 6.20 Å². The van der Waals surface area contributed by atoms with Gasteiger partial charge in [0.25, 0.3) is 0 Å². The van der Waals surface area contributed by atoms with Crippen LogP contribution in [0.4, 0.5) is 10.5 Å². The number of aromatic nitrogens is 1. The highest BCUT2D eigenvalue weighted by Crippen LogP contribution is 2.11. The largest absolute Gasteiger partial charge is 0.480 e. The predicted molar refractivity (Wildman–Crippen MR) is 67.4 cm³/mol. The first-order valence-corrected chi connectivity index (χ1v) is 5.62. The van der Waals surface area contributed by atoms with E-state index in [2.05, 4.69) is 15.6 Å². The molecule has 0 radical (unpaired) electrons. The Labute approximate surface area is 105 Å². The number of hydrogen-bond acceptors (Lipinski definition) is 3. The fourth-order valence-electron chi connectivity index (χ4n) is 1.41. The van der Waals surface area contributed by atoms with Gasteiger partial charge in [-0.1, -0.05) is 13.8 Å². The number of aliphatic carboxylic acids is 1. The first-order chi connectivity index (χ1) is 8.41. The van der Waals surface area contributed by atoms with E-state index in [0.717, 1.165) is 5.56 Å². The summed E-state index contributed by atoms with van der Waals surface area (Å²) in [6.45, 7) is 5.29. The van der Waals surface area contributed by atoms with E-state index in [-0.39, 0.29) is 5.92 Å². The fraction of sp³-hybridized carbons (Fsp3) is 0.417. The molecule has 0 saturated carbocycles. The van der Waals surface area contributed by atoms with Crippen LogP contribution in [0.15, 0.2) is 18.5 Å². The summed E-state index contributed by atoms with van der Waals surface area (Å²) in [5.41, 5.74) is 1.42. The number of aryl methyl sites for hydroxylation is 1. The van der Waals surface area contributed by atoms with E-state index in [9.17, 15) is 9.59 Å². The van der Waals surface area contributed by atoms with Crippen molar-refractivity contribution in [1.29, 1.82) is 0 Å². The molecule has 6 nitrogen and oxygen atoms in total. The van der Waals surface area contributed by atoms with Crippen LogP contribution in [0, 0.1) is 12.8 Å². The molecule has 3 N–H and O–H groups in total. The second-order valence-corrected chi connectivity index (χ2v) is 4.35. The van der Waals surface area contributed by atoms with E-state index in [4.69, 9.17) is 5.11 Å². The molecule has 1 aromatic heterocycles. The highest BCUT2D eigenvalue weighted by molar-refractivity contribution is 5.92. The fourth-order valence-corrected chi connectivity index (χ4v) is 1.41. The van der Waals surface area contributed by atoms with E-state index in [1.807, 2.05) is 6.92 Å². The average molecular weight is 251 g/mol. The van der Waals surface area contributed by atoms with E-state index in [1.54, 1.807) is 26.1 Å². The van der Waals surface area contributed by atoms with Gasteiger partial charge in [0.2, 0.25) is 0 Å². The Morgan fingerprint density at radius 1 is 1.39 bits per heavy atom. The Morgan fingerprint density at radius 2 is 2.06 bits per heavy atom. The van der Waals surface area contributed by atoms with Crippen molar-refractivity contribution in [1.82, 2.24) is 10.3 Å². The van der Waals surface area contributed by atoms with Gasteiger partial charge in [-0.15, -0.1) is 0 Å². The lowest BCUT2D eigenvalue weighted by molar-refractivity contribution is -0.140. The van der Waals surface area contributed by atoms with Crippen LogP contribution in [0.3, 0.4) is 0 Å². The van der Waals surface area contributed by atoms with Crippen LogP contribution in [0.1, 0.15) is 19.4 Å². The van der Waals surface area contributed by atoms with Crippen LogP contribution < -0.4 is 10.6 Å². The summed E-state index contributed by atoms with van der Waals surface area (Å²) in [5, 5.41) is 13.9. The normalized spacial score (nSPS) is 12.0. The lowest BCUT2D eigenvalue weighted by atomic mass is 10.1. The maximum Gasteiger partial charge on any atom is 0.326 e. The number of anilines is 1. The molecule has 0 spiro atoms. The lowest BCUT2D eigenvalue weighted by Gasteiger charge is -2.18. The zero-order valence-corrected chi connectivity index (χ0v) is 10.6.